The van der Waals surface area contributed by atoms with Gasteiger partial charge in [-0.1, -0.05) is 50.3 Å². The van der Waals surface area contributed by atoms with Crippen LogP contribution in [0.15, 0.2) is 36.8 Å². The predicted octanol–water partition coefficient (Wildman–Crippen LogP) is 3.93. The third kappa shape index (κ3) is 2.19. The Labute approximate surface area is 100 Å². The lowest BCUT2D eigenvalue weighted by atomic mass is 10.00. The molecule has 3 heteroatoms. The van der Waals surface area contributed by atoms with Crippen LogP contribution in [0.4, 0.5) is 0 Å². The molecule has 2 nitrogen and oxygen atoms in total. The van der Waals surface area contributed by atoms with Crippen LogP contribution >= 0.6 is 12.2 Å². The normalized spacial score (nSPS) is 10.7. The molecule has 16 heavy (non-hydrogen) atoms. The summed E-state index contributed by atoms with van der Waals surface area (Å²) in [5, 5.41) is 0. The second-order valence-corrected chi connectivity index (χ2v) is 4.48. The zero-order chi connectivity index (χ0) is 11.5. The summed E-state index contributed by atoms with van der Waals surface area (Å²) in [6.45, 7) is 4.37. The summed E-state index contributed by atoms with van der Waals surface area (Å²) in [4.78, 5) is 7.00. The minimum atomic E-state index is 0.553. The van der Waals surface area contributed by atoms with Gasteiger partial charge in [-0.2, -0.15) is 0 Å². The summed E-state index contributed by atoms with van der Waals surface area (Å²) in [7, 11) is 0. The van der Waals surface area contributed by atoms with E-state index in [1.165, 1.54) is 5.56 Å². The van der Waals surface area contributed by atoms with Gasteiger partial charge in [0, 0.05) is 11.8 Å². The van der Waals surface area contributed by atoms with Gasteiger partial charge in [-0.3, -0.25) is 0 Å². The van der Waals surface area contributed by atoms with Crippen LogP contribution in [0.3, 0.4) is 0 Å². The maximum atomic E-state index is 5.22. The van der Waals surface area contributed by atoms with Gasteiger partial charge in [0.1, 0.15) is 4.64 Å². The Balaban J connectivity index is 2.43. The molecule has 1 aromatic heterocycles. The predicted molar refractivity (Wildman–Crippen MR) is 68.9 cm³/mol. The van der Waals surface area contributed by atoms with Gasteiger partial charge in [-0.15, -0.1) is 0 Å². The summed E-state index contributed by atoms with van der Waals surface area (Å²) < 4.78 is 0.729. The molecule has 2 rings (SSSR count). The van der Waals surface area contributed by atoms with Crippen LogP contribution in [0, 0.1) is 4.64 Å². The van der Waals surface area contributed by atoms with Crippen molar-refractivity contribution >= 4 is 12.2 Å². The van der Waals surface area contributed by atoms with Crippen molar-refractivity contribution in [1.29, 1.82) is 0 Å². The van der Waals surface area contributed by atoms with Gasteiger partial charge >= 0.3 is 0 Å². The molecule has 1 heterocycles. The summed E-state index contributed by atoms with van der Waals surface area (Å²) in [5.74, 6) is 0.553. The molecule has 0 radical (unpaired) electrons. The first-order valence-electron chi connectivity index (χ1n) is 5.31. The van der Waals surface area contributed by atoms with E-state index in [0.717, 1.165) is 15.8 Å². The Morgan fingerprint density at radius 3 is 2.44 bits per heavy atom. The average Bonchev–Trinajstić information content (AvgIpc) is 2.30. The number of benzene rings is 1. The first kappa shape index (κ1) is 11.0. The summed E-state index contributed by atoms with van der Waals surface area (Å²) in [6, 6.07) is 8.47. The van der Waals surface area contributed by atoms with Crippen LogP contribution in [0.5, 0.6) is 0 Å². The van der Waals surface area contributed by atoms with Gasteiger partial charge in [0.25, 0.3) is 0 Å². The highest BCUT2D eigenvalue weighted by Crippen LogP contribution is 2.22. The number of aromatic amines is 1. The maximum absolute atomic E-state index is 5.22. The van der Waals surface area contributed by atoms with E-state index in [4.69, 9.17) is 12.2 Å². The highest BCUT2D eigenvalue weighted by atomic mass is 32.1. The second-order valence-electron chi connectivity index (χ2n) is 4.07. The molecule has 0 amide bonds. The highest BCUT2D eigenvalue weighted by molar-refractivity contribution is 7.71. The van der Waals surface area contributed by atoms with Crippen molar-refractivity contribution < 1.29 is 0 Å². The van der Waals surface area contributed by atoms with Crippen LogP contribution in [0.2, 0.25) is 0 Å². The van der Waals surface area contributed by atoms with Crippen molar-refractivity contribution in [3.05, 3.63) is 47.0 Å². The molecule has 0 aliphatic carbocycles. The molecule has 0 saturated carbocycles. The number of nitrogens with zero attached hydrogens (tertiary/aromatic N) is 1. The van der Waals surface area contributed by atoms with Crippen molar-refractivity contribution in [2.24, 2.45) is 0 Å². The van der Waals surface area contributed by atoms with E-state index in [1.54, 1.807) is 12.5 Å². The zero-order valence-corrected chi connectivity index (χ0v) is 10.2. The first-order valence-corrected chi connectivity index (χ1v) is 5.72. The van der Waals surface area contributed by atoms with Crippen molar-refractivity contribution in [3.8, 4) is 11.1 Å². The molecule has 0 saturated heterocycles. The quantitative estimate of drug-likeness (QED) is 0.792. The lowest BCUT2D eigenvalue weighted by molar-refractivity contribution is 0.867. The van der Waals surface area contributed by atoms with E-state index >= 15 is 0 Å². The number of nitrogens with one attached hydrogen (secondary N) is 1. The molecule has 0 unspecified atom stereocenters. The van der Waals surface area contributed by atoms with Crippen molar-refractivity contribution in [2.45, 2.75) is 19.8 Å². The van der Waals surface area contributed by atoms with Gasteiger partial charge in [0.05, 0.1) is 6.33 Å². The minimum Gasteiger partial charge on any atom is -0.337 e. The Morgan fingerprint density at radius 2 is 1.88 bits per heavy atom. The third-order valence-corrected chi connectivity index (χ3v) is 2.94. The fourth-order valence-corrected chi connectivity index (χ4v) is 1.82. The smallest absolute Gasteiger partial charge is 0.113 e. The maximum Gasteiger partial charge on any atom is 0.113 e. The van der Waals surface area contributed by atoms with E-state index in [9.17, 15) is 0 Å². The second kappa shape index (κ2) is 4.58. The summed E-state index contributed by atoms with van der Waals surface area (Å²) in [6.07, 6.45) is 3.40. The molecule has 0 aliphatic rings. The van der Waals surface area contributed by atoms with Crippen molar-refractivity contribution in [3.63, 3.8) is 0 Å². The van der Waals surface area contributed by atoms with Crippen LogP contribution in [0.25, 0.3) is 11.1 Å². The number of rotatable bonds is 2. The van der Waals surface area contributed by atoms with E-state index in [1.807, 2.05) is 0 Å². The number of aromatic nitrogens is 2. The van der Waals surface area contributed by atoms with Gasteiger partial charge in [-0.25, -0.2) is 4.98 Å². The van der Waals surface area contributed by atoms with E-state index < -0.39 is 0 Å². The SMILES string of the molecule is CC(C)c1ccc(-c2cnc[nH]c2=S)cc1. The van der Waals surface area contributed by atoms with E-state index in [0.29, 0.717) is 5.92 Å². The molecular formula is C13H14N2S. The molecule has 0 atom stereocenters. The molecule has 2 aromatic rings. The summed E-state index contributed by atoms with van der Waals surface area (Å²) >= 11 is 5.22. The largest absolute Gasteiger partial charge is 0.337 e. The van der Waals surface area contributed by atoms with E-state index in [2.05, 4.69) is 48.1 Å². The zero-order valence-electron chi connectivity index (χ0n) is 9.40. The minimum absolute atomic E-state index is 0.553. The fourth-order valence-electron chi connectivity index (χ4n) is 1.60. The number of hydrogen-bond donors (Lipinski definition) is 1. The van der Waals surface area contributed by atoms with Crippen LogP contribution < -0.4 is 0 Å². The Bertz CT molecular complexity index is 526. The highest BCUT2D eigenvalue weighted by Gasteiger charge is 2.02. The Morgan fingerprint density at radius 1 is 1.19 bits per heavy atom. The van der Waals surface area contributed by atoms with Gasteiger partial charge in [0.15, 0.2) is 0 Å². The molecule has 82 valence electrons. The van der Waals surface area contributed by atoms with Gasteiger partial charge < -0.3 is 4.98 Å². The lowest BCUT2D eigenvalue weighted by Crippen LogP contribution is -1.88. The molecule has 0 aliphatic heterocycles. The Kier molecular flexibility index (Phi) is 3.15. The topological polar surface area (TPSA) is 28.7 Å². The van der Waals surface area contributed by atoms with Crippen molar-refractivity contribution in [1.82, 2.24) is 9.97 Å². The van der Waals surface area contributed by atoms with Crippen LogP contribution in [-0.4, -0.2) is 9.97 Å². The number of H-pyrrole nitrogens is 1. The lowest BCUT2D eigenvalue weighted by Gasteiger charge is -2.06. The molecule has 0 spiro atoms. The number of hydrogen-bond acceptors (Lipinski definition) is 2. The molecule has 0 bridgehead atoms. The molecular weight excluding hydrogens is 216 g/mol. The van der Waals surface area contributed by atoms with Crippen molar-refractivity contribution in [2.75, 3.05) is 0 Å². The van der Waals surface area contributed by atoms with Gasteiger partial charge in [-0.05, 0) is 17.0 Å². The summed E-state index contributed by atoms with van der Waals surface area (Å²) in [5.41, 5.74) is 3.43. The third-order valence-electron chi connectivity index (χ3n) is 2.61. The van der Waals surface area contributed by atoms with Crippen LogP contribution in [0.1, 0.15) is 25.3 Å². The monoisotopic (exact) mass is 230 g/mol. The van der Waals surface area contributed by atoms with E-state index in [-0.39, 0.29) is 0 Å². The van der Waals surface area contributed by atoms with Gasteiger partial charge in [0.2, 0.25) is 0 Å². The molecule has 0 fully saturated rings. The average molecular weight is 230 g/mol. The molecule has 1 N–H and O–H groups in total. The molecule has 1 aromatic carbocycles. The first-order chi connectivity index (χ1) is 7.68. The standard InChI is InChI=1S/C13H14N2S/c1-9(2)10-3-5-11(6-4-10)12-7-14-8-15-13(12)16/h3-9H,1-2H3,(H,14,15,16). The Hall–Kier alpha value is -1.48. The fraction of sp³-hybridized carbons (Fsp3) is 0.231. The van der Waals surface area contributed by atoms with Crippen LogP contribution in [-0.2, 0) is 0 Å².